The summed E-state index contributed by atoms with van der Waals surface area (Å²) >= 11 is 1.86. The van der Waals surface area contributed by atoms with Crippen molar-refractivity contribution >= 4 is 11.3 Å². The molecule has 0 amide bonds. The number of thiophene rings is 1. The van der Waals surface area contributed by atoms with Gasteiger partial charge >= 0.3 is 0 Å². The molecule has 1 aromatic heterocycles. The van der Waals surface area contributed by atoms with E-state index in [1.165, 1.54) is 24.1 Å². The molecule has 1 heterocycles. The number of ether oxygens (including phenoxy) is 1. The molecule has 17 heavy (non-hydrogen) atoms. The van der Waals surface area contributed by atoms with Crippen LogP contribution in [0.3, 0.4) is 0 Å². The van der Waals surface area contributed by atoms with Crippen molar-refractivity contribution in [3.05, 3.63) is 22.4 Å². The number of aryl methyl sites for hydroxylation is 1. The van der Waals surface area contributed by atoms with Crippen molar-refractivity contribution in [2.45, 2.75) is 51.7 Å². The summed E-state index contributed by atoms with van der Waals surface area (Å²) in [6.45, 7) is 5.37. The minimum Gasteiger partial charge on any atom is -0.382 e. The van der Waals surface area contributed by atoms with Crippen LogP contribution in [0.2, 0.25) is 0 Å². The molecule has 3 heteroatoms. The van der Waals surface area contributed by atoms with Crippen LogP contribution in [0.5, 0.6) is 0 Å². The standard InChI is InChI=1S/C14H25NOS/c1-4-15-13(8-7-12(2)16-3)9-10-14-6-5-11-17-14/h5-6,11-13,15H,4,7-10H2,1-3H3. The van der Waals surface area contributed by atoms with Gasteiger partial charge in [0.1, 0.15) is 0 Å². The molecule has 0 aliphatic carbocycles. The van der Waals surface area contributed by atoms with Crippen LogP contribution in [0.1, 0.15) is 38.0 Å². The first kappa shape index (κ1) is 14.7. The second kappa shape index (κ2) is 8.67. The molecular formula is C14H25NOS. The van der Waals surface area contributed by atoms with Gasteiger partial charge in [-0.05, 0) is 50.6 Å². The molecule has 0 spiro atoms. The van der Waals surface area contributed by atoms with Crippen LogP contribution in [0.15, 0.2) is 17.5 Å². The van der Waals surface area contributed by atoms with E-state index in [-0.39, 0.29) is 0 Å². The van der Waals surface area contributed by atoms with Gasteiger partial charge in [-0.1, -0.05) is 13.0 Å². The van der Waals surface area contributed by atoms with Gasteiger partial charge < -0.3 is 10.1 Å². The van der Waals surface area contributed by atoms with Crippen molar-refractivity contribution in [2.24, 2.45) is 0 Å². The zero-order valence-corrected chi connectivity index (χ0v) is 12.1. The predicted molar refractivity (Wildman–Crippen MR) is 75.8 cm³/mol. The third-order valence-corrected chi connectivity index (χ3v) is 4.07. The maximum absolute atomic E-state index is 5.30. The Labute approximate surface area is 109 Å². The molecule has 1 N–H and O–H groups in total. The van der Waals surface area contributed by atoms with E-state index in [1.807, 2.05) is 11.3 Å². The fourth-order valence-electron chi connectivity index (χ4n) is 1.96. The monoisotopic (exact) mass is 255 g/mol. The van der Waals surface area contributed by atoms with Crippen molar-refractivity contribution in [3.8, 4) is 0 Å². The van der Waals surface area contributed by atoms with Gasteiger partial charge in [0.15, 0.2) is 0 Å². The summed E-state index contributed by atoms with van der Waals surface area (Å²) in [6.07, 6.45) is 5.13. The van der Waals surface area contributed by atoms with Gasteiger partial charge in [-0.25, -0.2) is 0 Å². The van der Waals surface area contributed by atoms with Crippen LogP contribution in [0, 0.1) is 0 Å². The van der Waals surface area contributed by atoms with E-state index in [1.54, 1.807) is 7.11 Å². The molecule has 0 saturated heterocycles. The zero-order chi connectivity index (χ0) is 12.5. The van der Waals surface area contributed by atoms with Crippen LogP contribution in [-0.4, -0.2) is 25.8 Å². The van der Waals surface area contributed by atoms with E-state index in [0.29, 0.717) is 12.1 Å². The molecule has 0 radical (unpaired) electrons. The molecule has 2 nitrogen and oxygen atoms in total. The molecule has 98 valence electrons. The van der Waals surface area contributed by atoms with Crippen LogP contribution in [0.25, 0.3) is 0 Å². The first-order chi connectivity index (χ1) is 8.26. The summed E-state index contributed by atoms with van der Waals surface area (Å²) in [6, 6.07) is 4.99. The highest BCUT2D eigenvalue weighted by atomic mass is 32.1. The van der Waals surface area contributed by atoms with Crippen molar-refractivity contribution < 1.29 is 4.74 Å². The molecule has 0 aliphatic heterocycles. The molecule has 0 aliphatic rings. The highest BCUT2D eigenvalue weighted by molar-refractivity contribution is 7.09. The maximum Gasteiger partial charge on any atom is 0.0543 e. The van der Waals surface area contributed by atoms with Crippen molar-refractivity contribution in [2.75, 3.05) is 13.7 Å². The smallest absolute Gasteiger partial charge is 0.0543 e. The lowest BCUT2D eigenvalue weighted by molar-refractivity contribution is 0.106. The van der Waals surface area contributed by atoms with Gasteiger partial charge in [-0.15, -0.1) is 11.3 Å². The van der Waals surface area contributed by atoms with Gasteiger partial charge in [0.25, 0.3) is 0 Å². The quantitative estimate of drug-likeness (QED) is 0.729. The second-order valence-corrected chi connectivity index (χ2v) is 5.53. The maximum atomic E-state index is 5.30. The van der Waals surface area contributed by atoms with Crippen molar-refractivity contribution in [1.82, 2.24) is 5.32 Å². The molecule has 0 fully saturated rings. The normalized spacial score (nSPS) is 14.8. The van der Waals surface area contributed by atoms with E-state index in [2.05, 4.69) is 36.7 Å². The Hall–Kier alpha value is -0.380. The first-order valence-corrected chi connectivity index (χ1v) is 7.42. The van der Waals surface area contributed by atoms with Crippen LogP contribution >= 0.6 is 11.3 Å². The van der Waals surface area contributed by atoms with Gasteiger partial charge in [-0.2, -0.15) is 0 Å². The highest BCUT2D eigenvalue weighted by Crippen LogP contribution is 2.14. The van der Waals surface area contributed by atoms with Gasteiger partial charge in [0, 0.05) is 18.0 Å². The highest BCUT2D eigenvalue weighted by Gasteiger charge is 2.10. The molecule has 0 saturated carbocycles. The SMILES string of the molecule is CCNC(CCc1cccs1)CCC(C)OC. The molecule has 0 aromatic carbocycles. The Bertz CT molecular complexity index is 274. The first-order valence-electron chi connectivity index (χ1n) is 6.54. The second-order valence-electron chi connectivity index (χ2n) is 4.50. The summed E-state index contributed by atoms with van der Waals surface area (Å²) in [4.78, 5) is 1.49. The van der Waals surface area contributed by atoms with E-state index in [4.69, 9.17) is 4.74 Å². The van der Waals surface area contributed by atoms with E-state index in [9.17, 15) is 0 Å². The number of hydrogen-bond donors (Lipinski definition) is 1. The average molecular weight is 255 g/mol. The minimum atomic E-state index is 0.373. The number of methoxy groups -OCH3 is 1. The summed E-state index contributed by atoms with van der Waals surface area (Å²) < 4.78 is 5.30. The largest absolute Gasteiger partial charge is 0.382 e. The summed E-state index contributed by atoms with van der Waals surface area (Å²) in [5.41, 5.74) is 0. The van der Waals surface area contributed by atoms with Gasteiger partial charge in [0.05, 0.1) is 6.10 Å². The van der Waals surface area contributed by atoms with Crippen LogP contribution in [-0.2, 0) is 11.2 Å². The Morgan fingerprint density at radius 1 is 1.35 bits per heavy atom. The number of nitrogens with one attached hydrogen (secondary N) is 1. The van der Waals surface area contributed by atoms with Crippen molar-refractivity contribution in [3.63, 3.8) is 0 Å². The van der Waals surface area contributed by atoms with E-state index < -0.39 is 0 Å². The molecule has 2 atom stereocenters. The average Bonchev–Trinajstić information content (AvgIpc) is 2.85. The van der Waals surface area contributed by atoms with E-state index >= 15 is 0 Å². The predicted octanol–water partition coefficient (Wildman–Crippen LogP) is 3.47. The van der Waals surface area contributed by atoms with Crippen LogP contribution in [0.4, 0.5) is 0 Å². The lowest BCUT2D eigenvalue weighted by atomic mass is 10.0. The van der Waals surface area contributed by atoms with Gasteiger partial charge in [0.2, 0.25) is 0 Å². The Morgan fingerprint density at radius 2 is 2.18 bits per heavy atom. The third kappa shape index (κ3) is 6.20. The molecule has 1 aromatic rings. The number of hydrogen-bond acceptors (Lipinski definition) is 3. The summed E-state index contributed by atoms with van der Waals surface area (Å²) in [5.74, 6) is 0. The topological polar surface area (TPSA) is 21.3 Å². The number of rotatable bonds is 9. The fraction of sp³-hybridized carbons (Fsp3) is 0.714. The molecule has 2 unspecified atom stereocenters. The van der Waals surface area contributed by atoms with Gasteiger partial charge in [-0.3, -0.25) is 0 Å². The molecule has 0 bridgehead atoms. The fourth-order valence-corrected chi connectivity index (χ4v) is 2.69. The third-order valence-electron chi connectivity index (χ3n) is 3.14. The summed E-state index contributed by atoms with van der Waals surface area (Å²) in [5, 5.41) is 5.73. The summed E-state index contributed by atoms with van der Waals surface area (Å²) in [7, 11) is 1.79. The Kier molecular flexibility index (Phi) is 7.49. The van der Waals surface area contributed by atoms with Crippen molar-refractivity contribution in [1.29, 1.82) is 0 Å². The lowest BCUT2D eigenvalue weighted by Crippen LogP contribution is -2.30. The lowest BCUT2D eigenvalue weighted by Gasteiger charge is -2.19. The molecule has 1 rings (SSSR count). The van der Waals surface area contributed by atoms with E-state index in [0.717, 1.165) is 13.0 Å². The molecular weight excluding hydrogens is 230 g/mol. The Morgan fingerprint density at radius 3 is 2.76 bits per heavy atom. The van der Waals surface area contributed by atoms with Crippen LogP contribution < -0.4 is 5.32 Å². The minimum absolute atomic E-state index is 0.373. The Balaban J connectivity index is 2.27. The zero-order valence-electron chi connectivity index (χ0n) is 11.2.